The molecule has 0 aliphatic heterocycles. The van der Waals surface area contributed by atoms with Crippen molar-refractivity contribution in [3.63, 3.8) is 0 Å². The minimum atomic E-state index is -0.493. The Balaban J connectivity index is 1.54. The number of amides is 1. The minimum Gasteiger partial charge on any atom is -0.481 e. The molecule has 3 rings (SSSR count). The van der Waals surface area contributed by atoms with Crippen molar-refractivity contribution >= 4 is 17.5 Å². The molecule has 3 nitrogen and oxygen atoms in total. The zero-order chi connectivity index (χ0) is 14.1. The Morgan fingerprint density at radius 2 is 2.25 bits per heavy atom. The third-order valence-corrected chi connectivity index (χ3v) is 4.78. The molecule has 1 aromatic rings. The second-order valence-corrected chi connectivity index (χ2v) is 6.44. The van der Waals surface area contributed by atoms with Gasteiger partial charge >= 0.3 is 0 Å². The fourth-order valence-electron chi connectivity index (χ4n) is 3.52. The van der Waals surface area contributed by atoms with Gasteiger partial charge in [-0.3, -0.25) is 4.79 Å². The third-order valence-electron chi connectivity index (χ3n) is 4.54. The van der Waals surface area contributed by atoms with E-state index in [1.165, 1.54) is 19.3 Å². The highest BCUT2D eigenvalue weighted by molar-refractivity contribution is 6.30. The predicted molar refractivity (Wildman–Crippen MR) is 78.9 cm³/mol. The highest BCUT2D eigenvalue weighted by atomic mass is 35.5. The molecule has 1 amide bonds. The summed E-state index contributed by atoms with van der Waals surface area (Å²) < 4.78 is 5.65. The first-order valence-corrected chi connectivity index (χ1v) is 7.72. The van der Waals surface area contributed by atoms with Crippen LogP contribution in [0.4, 0.5) is 0 Å². The number of benzene rings is 1. The number of halogens is 1. The van der Waals surface area contributed by atoms with Gasteiger partial charge in [0.25, 0.3) is 5.91 Å². The Hall–Kier alpha value is -1.22. The summed E-state index contributed by atoms with van der Waals surface area (Å²) in [6, 6.07) is 7.49. The van der Waals surface area contributed by atoms with Crippen molar-refractivity contribution < 1.29 is 9.53 Å². The molecule has 2 bridgehead atoms. The average molecular weight is 294 g/mol. The molecular formula is C16H20ClNO2. The van der Waals surface area contributed by atoms with E-state index in [1.54, 1.807) is 19.1 Å². The van der Waals surface area contributed by atoms with Gasteiger partial charge in [0.2, 0.25) is 0 Å². The summed E-state index contributed by atoms with van der Waals surface area (Å²) in [7, 11) is 0. The van der Waals surface area contributed by atoms with Crippen LogP contribution in [0.1, 0.15) is 32.6 Å². The zero-order valence-electron chi connectivity index (χ0n) is 11.6. The van der Waals surface area contributed by atoms with Crippen LogP contribution in [0, 0.1) is 11.8 Å². The van der Waals surface area contributed by atoms with Crippen LogP contribution in [0.5, 0.6) is 5.75 Å². The van der Waals surface area contributed by atoms with Gasteiger partial charge in [0.05, 0.1) is 0 Å². The van der Waals surface area contributed by atoms with Crippen LogP contribution in [0.15, 0.2) is 24.3 Å². The predicted octanol–water partition coefficient (Wildman–Crippen LogP) is 3.41. The molecule has 4 heteroatoms. The van der Waals surface area contributed by atoms with Gasteiger partial charge in [0.1, 0.15) is 5.75 Å². The van der Waals surface area contributed by atoms with Crippen molar-refractivity contribution in [3.8, 4) is 5.75 Å². The van der Waals surface area contributed by atoms with E-state index in [4.69, 9.17) is 16.3 Å². The van der Waals surface area contributed by atoms with Crippen LogP contribution in [-0.4, -0.2) is 18.1 Å². The van der Waals surface area contributed by atoms with Gasteiger partial charge in [-0.15, -0.1) is 0 Å². The first kappa shape index (κ1) is 13.7. The molecule has 0 heterocycles. The summed E-state index contributed by atoms with van der Waals surface area (Å²) in [6.07, 6.45) is 4.53. The maximum Gasteiger partial charge on any atom is 0.261 e. The van der Waals surface area contributed by atoms with E-state index in [0.29, 0.717) is 22.7 Å². The highest BCUT2D eigenvalue weighted by Crippen LogP contribution is 2.44. The van der Waals surface area contributed by atoms with Gasteiger partial charge < -0.3 is 10.1 Å². The minimum absolute atomic E-state index is 0.0254. The lowest BCUT2D eigenvalue weighted by atomic mass is 9.95. The molecule has 0 radical (unpaired) electrons. The Bertz CT molecular complexity index is 505. The van der Waals surface area contributed by atoms with Crippen molar-refractivity contribution in [1.29, 1.82) is 0 Å². The smallest absolute Gasteiger partial charge is 0.261 e. The molecule has 2 aliphatic carbocycles. The first-order chi connectivity index (χ1) is 9.61. The second-order valence-electron chi connectivity index (χ2n) is 6.01. The summed E-state index contributed by atoms with van der Waals surface area (Å²) in [4.78, 5) is 12.2. The Kier molecular flexibility index (Phi) is 3.88. The lowest BCUT2D eigenvalue weighted by Crippen LogP contribution is -2.44. The van der Waals surface area contributed by atoms with Crippen molar-refractivity contribution in [2.75, 3.05) is 0 Å². The Labute approximate surface area is 124 Å². The van der Waals surface area contributed by atoms with E-state index < -0.39 is 6.10 Å². The summed E-state index contributed by atoms with van der Waals surface area (Å²) in [5.41, 5.74) is 0. The maximum absolute atomic E-state index is 12.2. The van der Waals surface area contributed by atoms with Crippen LogP contribution >= 0.6 is 11.6 Å². The lowest BCUT2D eigenvalue weighted by Gasteiger charge is -2.24. The van der Waals surface area contributed by atoms with Crippen LogP contribution in [0.3, 0.4) is 0 Å². The van der Waals surface area contributed by atoms with Gasteiger partial charge in [-0.05, 0) is 56.2 Å². The third kappa shape index (κ3) is 2.93. The van der Waals surface area contributed by atoms with Crippen LogP contribution in [0.2, 0.25) is 5.02 Å². The number of nitrogens with one attached hydrogen (secondary N) is 1. The largest absolute Gasteiger partial charge is 0.481 e. The summed E-state index contributed by atoms with van der Waals surface area (Å²) in [5, 5.41) is 3.76. The number of fused-ring (bicyclic) bond motifs is 2. The Morgan fingerprint density at radius 1 is 1.40 bits per heavy atom. The maximum atomic E-state index is 12.2. The number of rotatable bonds is 4. The fourth-order valence-corrected chi connectivity index (χ4v) is 3.70. The van der Waals surface area contributed by atoms with Crippen molar-refractivity contribution in [1.82, 2.24) is 5.32 Å². The molecule has 4 atom stereocenters. The monoisotopic (exact) mass is 293 g/mol. The van der Waals surface area contributed by atoms with E-state index in [-0.39, 0.29) is 5.91 Å². The molecule has 0 saturated heterocycles. The number of hydrogen-bond donors (Lipinski definition) is 1. The van der Waals surface area contributed by atoms with Gasteiger partial charge in [-0.25, -0.2) is 0 Å². The number of carbonyl (C=O) groups excluding carboxylic acids is 1. The molecule has 20 heavy (non-hydrogen) atoms. The standard InChI is InChI=1S/C16H20ClNO2/c1-10(20-14-4-2-3-13(17)9-14)16(19)18-15-8-11-5-6-12(15)7-11/h2-4,9-12,15H,5-8H2,1H3,(H,18,19)/t10-,11-,12-,15-/m1/s1. The molecule has 0 spiro atoms. The highest BCUT2D eigenvalue weighted by Gasteiger charge is 2.40. The molecular weight excluding hydrogens is 274 g/mol. The second kappa shape index (κ2) is 5.65. The van der Waals surface area contributed by atoms with Gasteiger partial charge in [0, 0.05) is 11.1 Å². The van der Waals surface area contributed by atoms with Gasteiger partial charge in [-0.1, -0.05) is 24.1 Å². The normalized spacial score (nSPS) is 29.2. The fraction of sp³-hybridized carbons (Fsp3) is 0.562. The van der Waals surface area contributed by atoms with E-state index in [0.717, 1.165) is 12.3 Å². The molecule has 1 N–H and O–H groups in total. The summed E-state index contributed by atoms with van der Waals surface area (Å²) >= 11 is 5.91. The number of ether oxygens (including phenoxy) is 1. The SMILES string of the molecule is C[C@@H](Oc1cccc(Cl)c1)C(=O)N[C@@H]1C[C@@H]2CC[C@@H]1C2. The van der Waals surface area contributed by atoms with E-state index in [2.05, 4.69) is 5.32 Å². The number of hydrogen-bond acceptors (Lipinski definition) is 2. The zero-order valence-corrected chi connectivity index (χ0v) is 12.4. The van der Waals surface area contributed by atoms with Crippen LogP contribution < -0.4 is 10.1 Å². The van der Waals surface area contributed by atoms with E-state index in [9.17, 15) is 4.79 Å². The van der Waals surface area contributed by atoms with Gasteiger partial charge in [0.15, 0.2) is 6.10 Å². The molecule has 2 saturated carbocycles. The quantitative estimate of drug-likeness (QED) is 0.924. The topological polar surface area (TPSA) is 38.3 Å². The average Bonchev–Trinajstić information content (AvgIpc) is 3.01. The van der Waals surface area contributed by atoms with Crippen LogP contribution in [0.25, 0.3) is 0 Å². The number of carbonyl (C=O) groups is 1. The van der Waals surface area contributed by atoms with E-state index >= 15 is 0 Å². The lowest BCUT2D eigenvalue weighted by molar-refractivity contribution is -0.128. The van der Waals surface area contributed by atoms with Crippen molar-refractivity contribution in [3.05, 3.63) is 29.3 Å². The molecule has 2 aliphatic rings. The molecule has 0 aromatic heterocycles. The molecule has 2 fully saturated rings. The first-order valence-electron chi connectivity index (χ1n) is 7.34. The molecule has 0 unspecified atom stereocenters. The van der Waals surface area contributed by atoms with Crippen LogP contribution in [-0.2, 0) is 4.79 Å². The molecule has 1 aromatic carbocycles. The Morgan fingerprint density at radius 3 is 2.90 bits per heavy atom. The van der Waals surface area contributed by atoms with Crippen molar-refractivity contribution in [2.45, 2.75) is 44.8 Å². The summed E-state index contributed by atoms with van der Waals surface area (Å²) in [5.74, 6) is 2.12. The van der Waals surface area contributed by atoms with Crippen molar-refractivity contribution in [2.24, 2.45) is 11.8 Å². The van der Waals surface area contributed by atoms with Gasteiger partial charge in [-0.2, -0.15) is 0 Å². The molecule has 108 valence electrons. The summed E-state index contributed by atoms with van der Waals surface area (Å²) in [6.45, 7) is 1.78. The van der Waals surface area contributed by atoms with E-state index in [1.807, 2.05) is 12.1 Å².